The van der Waals surface area contributed by atoms with Crippen molar-refractivity contribution in [2.75, 3.05) is 42.3 Å². The van der Waals surface area contributed by atoms with Gasteiger partial charge in [0.15, 0.2) is 10.8 Å². The summed E-state index contributed by atoms with van der Waals surface area (Å²) < 4.78 is 6.39. The highest BCUT2D eigenvalue weighted by Crippen LogP contribution is 2.44. The number of hydrogen-bond donors (Lipinski definition) is 2. The molecule has 180 valence electrons. The number of hydrogen-bond acceptors (Lipinski definition) is 9. The average Bonchev–Trinajstić information content (AvgIpc) is 3.64. The summed E-state index contributed by atoms with van der Waals surface area (Å²) in [5.41, 5.74) is 11.0. The van der Waals surface area contributed by atoms with E-state index >= 15 is 0 Å². The summed E-state index contributed by atoms with van der Waals surface area (Å²) in [5, 5.41) is 3.77. The minimum Gasteiger partial charge on any atom is -0.384 e. The molecule has 1 aliphatic heterocycles. The van der Waals surface area contributed by atoms with Crippen molar-refractivity contribution in [3.8, 4) is 11.3 Å². The normalized spacial score (nSPS) is 15.4. The third-order valence-corrected chi connectivity index (χ3v) is 6.88. The first-order valence-electron chi connectivity index (χ1n) is 11.6. The predicted molar refractivity (Wildman–Crippen MR) is 139 cm³/mol. The van der Waals surface area contributed by atoms with Crippen molar-refractivity contribution in [2.45, 2.75) is 25.7 Å². The Morgan fingerprint density at radius 2 is 1.97 bits per heavy atom. The van der Waals surface area contributed by atoms with E-state index in [0.29, 0.717) is 11.7 Å². The van der Waals surface area contributed by atoms with Crippen molar-refractivity contribution in [3.63, 3.8) is 0 Å². The summed E-state index contributed by atoms with van der Waals surface area (Å²) in [6.45, 7) is 5.20. The minimum absolute atomic E-state index is 0.477. The Kier molecular flexibility index (Phi) is 6.82. The highest BCUT2D eigenvalue weighted by Gasteiger charge is 2.29. The van der Waals surface area contributed by atoms with Crippen LogP contribution in [0.25, 0.3) is 21.6 Å². The summed E-state index contributed by atoms with van der Waals surface area (Å²) >= 11 is 1.63. The molecule has 35 heavy (non-hydrogen) atoms. The summed E-state index contributed by atoms with van der Waals surface area (Å²) in [6.07, 6.45) is 4.74. The van der Waals surface area contributed by atoms with Gasteiger partial charge in [-0.15, -0.1) is 0 Å². The lowest BCUT2D eigenvalue weighted by molar-refractivity contribution is -0.105. The zero-order valence-electron chi connectivity index (χ0n) is 19.5. The molecule has 1 saturated heterocycles. The van der Waals surface area contributed by atoms with Gasteiger partial charge in [-0.25, -0.2) is 9.97 Å². The van der Waals surface area contributed by atoms with Crippen LogP contribution in [-0.4, -0.2) is 52.6 Å². The minimum atomic E-state index is 0.477. The molecule has 5 heterocycles. The lowest BCUT2D eigenvalue weighted by Gasteiger charge is -2.25. The molecule has 0 atom stereocenters. The van der Waals surface area contributed by atoms with Crippen molar-refractivity contribution >= 4 is 44.7 Å². The number of nitrogens with zero attached hydrogens (tertiary/aromatic N) is 5. The first kappa shape index (κ1) is 23.1. The third-order valence-electron chi connectivity index (χ3n) is 5.83. The largest absolute Gasteiger partial charge is 0.384 e. The Bertz CT molecular complexity index is 1320. The van der Waals surface area contributed by atoms with Gasteiger partial charge in [-0.05, 0) is 50.1 Å². The molecule has 2 aliphatic rings. The number of fused-ring (bicyclic) bond motifs is 1. The van der Waals surface area contributed by atoms with Crippen LogP contribution in [0, 0.1) is 6.92 Å². The van der Waals surface area contributed by atoms with Crippen molar-refractivity contribution in [1.82, 2.24) is 19.9 Å². The lowest BCUT2D eigenvalue weighted by Crippen LogP contribution is -2.36. The molecule has 4 aromatic heterocycles. The monoisotopic (exact) mass is 489 g/mol. The summed E-state index contributed by atoms with van der Waals surface area (Å²) in [4.78, 5) is 30.8. The van der Waals surface area contributed by atoms with Crippen LogP contribution in [0.3, 0.4) is 0 Å². The highest BCUT2D eigenvalue weighted by atomic mass is 32.1. The number of nitrogens with one attached hydrogen (secondary N) is 1. The van der Waals surface area contributed by atoms with Gasteiger partial charge in [-0.3, -0.25) is 9.78 Å². The number of nitrogen functional groups attached to an aromatic ring is 1. The van der Waals surface area contributed by atoms with Gasteiger partial charge in [0.1, 0.15) is 5.82 Å². The van der Waals surface area contributed by atoms with Gasteiger partial charge in [-0.1, -0.05) is 17.4 Å². The van der Waals surface area contributed by atoms with Gasteiger partial charge in [0, 0.05) is 36.5 Å². The third kappa shape index (κ3) is 5.55. The molecule has 0 aromatic carbocycles. The molecule has 0 spiro atoms. The van der Waals surface area contributed by atoms with E-state index in [1.807, 2.05) is 37.3 Å². The second-order valence-corrected chi connectivity index (χ2v) is 9.52. The maximum Gasteiger partial charge on any atom is 0.211 e. The van der Waals surface area contributed by atoms with E-state index in [1.165, 1.54) is 0 Å². The number of aryl methyl sites for hydroxylation is 1. The van der Waals surface area contributed by atoms with Gasteiger partial charge in [-0.2, -0.15) is 4.98 Å². The smallest absolute Gasteiger partial charge is 0.211 e. The Balaban J connectivity index is 0.000000158. The molecule has 3 N–H and O–H groups in total. The quantitative estimate of drug-likeness (QED) is 0.404. The number of aromatic nitrogens is 4. The fourth-order valence-corrected chi connectivity index (χ4v) is 4.86. The Hall–Kier alpha value is -3.63. The lowest BCUT2D eigenvalue weighted by atomic mass is 10.2. The van der Waals surface area contributed by atoms with E-state index < -0.39 is 0 Å². The first-order valence-corrected chi connectivity index (χ1v) is 12.4. The van der Waals surface area contributed by atoms with Gasteiger partial charge in [0.2, 0.25) is 6.41 Å². The summed E-state index contributed by atoms with van der Waals surface area (Å²) in [6, 6.07) is 11.6. The van der Waals surface area contributed by atoms with Crippen LogP contribution < -0.4 is 16.0 Å². The van der Waals surface area contributed by atoms with Crippen LogP contribution in [0.15, 0.2) is 42.6 Å². The molecule has 0 unspecified atom stereocenters. The van der Waals surface area contributed by atoms with Crippen LogP contribution in [0.1, 0.15) is 30.1 Å². The number of morpholine rings is 1. The van der Waals surface area contributed by atoms with E-state index in [1.54, 1.807) is 23.6 Å². The summed E-state index contributed by atoms with van der Waals surface area (Å²) in [7, 11) is 0. The van der Waals surface area contributed by atoms with Crippen LogP contribution >= 0.6 is 11.3 Å². The number of rotatable bonds is 5. The van der Waals surface area contributed by atoms with E-state index in [2.05, 4.69) is 25.2 Å². The second-order valence-electron chi connectivity index (χ2n) is 8.51. The van der Waals surface area contributed by atoms with Crippen LogP contribution in [-0.2, 0) is 9.53 Å². The van der Waals surface area contributed by atoms with Gasteiger partial charge < -0.3 is 20.7 Å². The molecule has 6 rings (SSSR count). The summed E-state index contributed by atoms with van der Waals surface area (Å²) in [5.74, 6) is 1.01. The molecule has 4 aromatic rings. The predicted octanol–water partition coefficient (Wildman–Crippen LogP) is 4.01. The molecular weight excluding hydrogens is 462 g/mol. The Labute approximate surface area is 207 Å². The Morgan fingerprint density at radius 1 is 1.14 bits per heavy atom. The van der Waals surface area contributed by atoms with E-state index in [4.69, 9.17) is 15.5 Å². The van der Waals surface area contributed by atoms with E-state index in [-0.39, 0.29) is 0 Å². The van der Waals surface area contributed by atoms with Gasteiger partial charge >= 0.3 is 0 Å². The molecule has 2 fully saturated rings. The molecule has 0 bridgehead atoms. The fourth-order valence-electron chi connectivity index (χ4n) is 3.86. The number of pyridine rings is 3. The molecular formula is C25H27N7O2S. The second kappa shape index (κ2) is 10.3. The average molecular weight is 490 g/mol. The van der Waals surface area contributed by atoms with Crippen molar-refractivity contribution < 1.29 is 9.53 Å². The van der Waals surface area contributed by atoms with Crippen LogP contribution in [0.4, 0.5) is 16.6 Å². The number of carbonyl (C=O) groups is 1. The standard InChI is InChI=1S/C14H16N4O2S.C11H11N3/c19-8-15-10-7-11-13(16-12(10)9-1-2-9)17-14(21-11)18-3-5-20-6-4-18;1-8-3-2-4-10(14-8)9-5-6-11(12)13-7-9/h7-9H,1-6H2,(H,15,19);2-7H,1H3,(H2,12,13). The number of thiazole rings is 1. The van der Waals surface area contributed by atoms with Crippen molar-refractivity contribution in [2.24, 2.45) is 0 Å². The fraction of sp³-hybridized carbons (Fsp3) is 0.320. The molecule has 10 heteroatoms. The topological polar surface area (TPSA) is 119 Å². The molecule has 9 nitrogen and oxygen atoms in total. The van der Waals surface area contributed by atoms with E-state index in [0.717, 1.165) is 89.4 Å². The highest BCUT2D eigenvalue weighted by molar-refractivity contribution is 7.22. The number of amides is 1. The number of anilines is 3. The maximum absolute atomic E-state index is 10.8. The zero-order valence-corrected chi connectivity index (χ0v) is 20.3. The Morgan fingerprint density at radius 3 is 2.66 bits per heavy atom. The molecule has 0 radical (unpaired) electrons. The van der Waals surface area contributed by atoms with Gasteiger partial charge in [0.05, 0.1) is 35.0 Å². The number of carbonyl (C=O) groups excluding carboxylic acids is 1. The van der Waals surface area contributed by atoms with Gasteiger partial charge in [0.25, 0.3) is 0 Å². The van der Waals surface area contributed by atoms with E-state index in [9.17, 15) is 4.79 Å². The number of nitrogens with two attached hydrogens (primary N) is 1. The van der Waals surface area contributed by atoms with Crippen molar-refractivity contribution in [3.05, 3.63) is 54.0 Å². The van der Waals surface area contributed by atoms with Crippen LogP contribution in [0.5, 0.6) is 0 Å². The molecule has 1 amide bonds. The SMILES string of the molecule is Cc1cccc(-c2ccc(N)nc2)n1.O=CNc1cc2sc(N3CCOCC3)nc2nc1C1CC1. The van der Waals surface area contributed by atoms with Crippen LogP contribution in [0.2, 0.25) is 0 Å². The van der Waals surface area contributed by atoms with Crippen molar-refractivity contribution in [1.29, 1.82) is 0 Å². The maximum atomic E-state index is 10.8. The number of ether oxygens (including phenoxy) is 1. The molecule has 1 saturated carbocycles. The first-order chi connectivity index (χ1) is 17.1. The zero-order chi connectivity index (χ0) is 24.2. The molecule has 1 aliphatic carbocycles.